The Kier molecular flexibility index (Phi) is 4.26. The summed E-state index contributed by atoms with van der Waals surface area (Å²) in [6, 6.07) is 4.17. The van der Waals surface area contributed by atoms with Gasteiger partial charge in [0.05, 0.1) is 0 Å². The molecule has 2 rings (SSSR count). The van der Waals surface area contributed by atoms with Crippen LogP contribution in [0.4, 0.5) is 5.69 Å². The van der Waals surface area contributed by atoms with E-state index in [0.29, 0.717) is 24.8 Å². The van der Waals surface area contributed by atoms with E-state index in [1.54, 1.807) is 37.1 Å². The van der Waals surface area contributed by atoms with Crippen molar-refractivity contribution < 1.29 is 19.5 Å². The number of carbonyl (C=O) groups is 3. The van der Waals surface area contributed by atoms with Crippen LogP contribution in [0, 0.1) is 0 Å². The summed E-state index contributed by atoms with van der Waals surface area (Å²) in [7, 11) is 1.71. The second-order valence-corrected chi connectivity index (χ2v) is 5.07. The number of hydrogen-bond acceptors (Lipinski definition) is 3. The van der Waals surface area contributed by atoms with E-state index in [4.69, 9.17) is 5.11 Å². The molecule has 0 aromatic heterocycles. The molecular formula is C15H18N2O4. The molecule has 6 nitrogen and oxygen atoms in total. The molecule has 1 heterocycles. The number of rotatable bonds is 4. The third-order valence-electron chi connectivity index (χ3n) is 3.70. The minimum absolute atomic E-state index is 0.0524. The van der Waals surface area contributed by atoms with Crippen molar-refractivity contribution in [2.75, 3.05) is 11.9 Å². The number of anilines is 1. The lowest BCUT2D eigenvalue weighted by molar-refractivity contribution is -0.139. The molecule has 0 radical (unpaired) electrons. The highest BCUT2D eigenvalue weighted by molar-refractivity contribution is 5.99. The van der Waals surface area contributed by atoms with Crippen LogP contribution in [0.3, 0.4) is 0 Å². The van der Waals surface area contributed by atoms with Gasteiger partial charge in [-0.1, -0.05) is 6.92 Å². The van der Waals surface area contributed by atoms with Crippen LogP contribution in [0.25, 0.3) is 0 Å². The zero-order valence-corrected chi connectivity index (χ0v) is 12.0. The van der Waals surface area contributed by atoms with E-state index in [1.165, 1.54) is 0 Å². The first-order valence-corrected chi connectivity index (χ1v) is 6.87. The van der Waals surface area contributed by atoms with Crippen molar-refractivity contribution in [2.24, 2.45) is 0 Å². The van der Waals surface area contributed by atoms with E-state index < -0.39 is 17.9 Å². The van der Waals surface area contributed by atoms with Crippen molar-refractivity contribution in [3.8, 4) is 0 Å². The molecule has 21 heavy (non-hydrogen) atoms. The lowest BCUT2D eigenvalue weighted by Crippen LogP contribution is -2.40. The summed E-state index contributed by atoms with van der Waals surface area (Å²) in [6.45, 7) is 1.70. The molecule has 6 heteroatoms. The van der Waals surface area contributed by atoms with Crippen LogP contribution in [0.1, 0.15) is 35.7 Å². The van der Waals surface area contributed by atoms with Gasteiger partial charge in [-0.05, 0) is 36.6 Å². The Morgan fingerprint density at radius 3 is 2.71 bits per heavy atom. The number of carbonyl (C=O) groups excluding carboxylic acids is 2. The van der Waals surface area contributed by atoms with Gasteiger partial charge < -0.3 is 15.3 Å². The first-order chi connectivity index (χ1) is 9.93. The summed E-state index contributed by atoms with van der Waals surface area (Å²) < 4.78 is 0. The van der Waals surface area contributed by atoms with Gasteiger partial charge in [-0.3, -0.25) is 9.59 Å². The molecule has 1 aromatic rings. The Hall–Kier alpha value is -2.37. The lowest BCUT2D eigenvalue weighted by atomic mass is 9.99. The monoisotopic (exact) mass is 290 g/mol. The van der Waals surface area contributed by atoms with Gasteiger partial charge in [0.2, 0.25) is 5.91 Å². The van der Waals surface area contributed by atoms with Crippen LogP contribution in [0.5, 0.6) is 0 Å². The largest absolute Gasteiger partial charge is 0.480 e. The fourth-order valence-corrected chi connectivity index (χ4v) is 2.38. The Morgan fingerprint density at radius 1 is 1.38 bits per heavy atom. The van der Waals surface area contributed by atoms with Crippen molar-refractivity contribution in [3.05, 3.63) is 29.3 Å². The van der Waals surface area contributed by atoms with Crippen molar-refractivity contribution in [1.82, 2.24) is 5.32 Å². The Morgan fingerprint density at radius 2 is 2.10 bits per heavy atom. The van der Waals surface area contributed by atoms with E-state index in [-0.39, 0.29) is 5.91 Å². The van der Waals surface area contributed by atoms with Crippen LogP contribution >= 0.6 is 0 Å². The van der Waals surface area contributed by atoms with Crippen LogP contribution in [0.2, 0.25) is 0 Å². The molecule has 0 bridgehead atoms. The van der Waals surface area contributed by atoms with Crippen molar-refractivity contribution in [3.63, 3.8) is 0 Å². The third kappa shape index (κ3) is 3.04. The number of carboxylic acid groups (broad SMARTS) is 1. The summed E-state index contributed by atoms with van der Waals surface area (Å²) in [4.78, 5) is 36.2. The van der Waals surface area contributed by atoms with Gasteiger partial charge >= 0.3 is 5.97 Å². The van der Waals surface area contributed by atoms with Crippen molar-refractivity contribution in [2.45, 2.75) is 32.2 Å². The number of nitrogens with one attached hydrogen (secondary N) is 1. The minimum Gasteiger partial charge on any atom is -0.480 e. The predicted octanol–water partition coefficient (Wildman–Crippen LogP) is 1.19. The van der Waals surface area contributed by atoms with Gasteiger partial charge in [-0.25, -0.2) is 4.79 Å². The molecule has 0 saturated carbocycles. The maximum absolute atomic E-state index is 12.1. The SMILES string of the molecule is CCC(NC(=O)c1ccc2c(c1)CCC(=O)N2C)C(=O)O. The highest BCUT2D eigenvalue weighted by atomic mass is 16.4. The molecule has 1 atom stereocenters. The van der Waals surface area contributed by atoms with Gasteiger partial charge in [0.25, 0.3) is 5.91 Å². The highest BCUT2D eigenvalue weighted by Crippen LogP contribution is 2.27. The third-order valence-corrected chi connectivity index (χ3v) is 3.70. The van der Waals surface area contributed by atoms with Crippen LogP contribution in [-0.2, 0) is 16.0 Å². The molecule has 1 aromatic carbocycles. The van der Waals surface area contributed by atoms with Gasteiger partial charge in [-0.15, -0.1) is 0 Å². The Balaban J connectivity index is 2.20. The average Bonchev–Trinajstić information content (AvgIpc) is 2.47. The van der Waals surface area contributed by atoms with Crippen molar-refractivity contribution >= 4 is 23.5 Å². The second-order valence-electron chi connectivity index (χ2n) is 5.07. The van der Waals surface area contributed by atoms with Crippen molar-refractivity contribution in [1.29, 1.82) is 0 Å². The molecule has 0 fully saturated rings. The first kappa shape index (κ1) is 15.0. The zero-order valence-electron chi connectivity index (χ0n) is 12.0. The van der Waals surface area contributed by atoms with Gasteiger partial charge in [0.15, 0.2) is 0 Å². The highest BCUT2D eigenvalue weighted by Gasteiger charge is 2.23. The van der Waals surface area contributed by atoms with Crippen LogP contribution < -0.4 is 10.2 Å². The van der Waals surface area contributed by atoms with Gasteiger partial charge in [0.1, 0.15) is 6.04 Å². The zero-order chi connectivity index (χ0) is 15.6. The minimum atomic E-state index is -1.05. The summed E-state index contributed by atoms with van der Waals surface area (Å²) in [5.74, 6) is -1.41. The predicted molar refractivity (Wildman–Crippen MR) is 77.4 cm³/mol. The van der Waals surface area contributed by atoms with E-state index in [1.807, 2.05) is 0 Å². The normalized spacial score (nSPS) is 15.3. The quantitative estimate of drug-likeness (QED) is 0.872. The number of benzene rings is 1. The summed E-state index contributed by atoms with van der Waals surface area (Å²) in [5.41, 5.74) is 2.14. The van der Waals surface area contributed by atoms with Gasteiger partial charge in [-0.2, -0.15) is 0 Å². The molecule has 0 aliphatic carbocycles. The fraction of sp³-hybridized carbons (Fsp3) is 0.400. The number of nitrogens with zero attached hydrogens (tertiary/aromatic N) is 1. The molecule has 112 valence electrons. The van der Waals surface area contributed by atoms with E-state index in [0.717, 1.165) is 11.3 Å². The van der Waals surface area contributed by atoms with Crippen LogP contribution in [0.15, 0.2) is 18.2 Å². The number of carboxylic acids is 1. The standard InChI is InChI=1S/C15H18N2O4/c1-3-11(15(20)21)16-14(19)10-4-6-12-9(8-10)5-7-13(18)17(12)2/h4,6,8,11H,3,5,7H2,1-2H3,(H,16,19)(H,20,21). The molecule has 1 aliphatic rings. The molecule has 2 N–H and O–H groups in total. The molecule has 1 aliphatic heterocycles. The van der Waals surface area contributed by atoms with E-state index in [9.17, 15) is 14.4 Å². The first-order valence-electron chi connectivity index (χ1n) is 6.87. The number of aliphatic carboxylic acids is 1. The second kappa shape index (κ2) is 5.95. The number of amides is 2. The van der Waals surface area contributed by atoms with Gasteiger partial charge in [0, 0.05) is 24.7 Å². The van der Waals surface area contributed by atoms with E-state index >= 15 is 0 Å². The summed E-state index contributed by atoms with van der Waals surface area (Å²) >= 11 is 0. The Bertz CT molecular complexity index is 597. The number of aryl methyl sites for hydroxylation is 1. The molecule has 0 spiro atoms. The fourth-order valence-electron chi connectivity index (χ4n) is 2.38. The lowest BCUT2D eigenvalue weighted by Gasteiger charge is -2.26. The molecule has 0 saturated heterocycles. The smallest absolute Gasteiger partial charge is 0.326 e. The molecule has 1 unspecified atom stereocenters. The van der Waals surface area contributed by atoms with E-state index in [2.05, 4.69) is 5.32 Å². The number of hydrogen-bond donors (Lipinski definition) is 2. The topological polar surface area (TPSA) is 86.7 Å². The maximum Gasteiger partial charge on any atom is 0.326 e. The summed E-state index contributed by atoms with van der Waals surface area (Å²) in [5, 5.41) is 11.5. The summed E-state index contributed by atoms with van der Waals surface area (Å²) in [6.07, 6.45) is 1.33. The Labute approximate surface area is 122 Å². The molecule has 2 amide bonds. The average molecular weight is 290 g/mol. The van der Waals surface area contributed by atoms with Crippen LogP contribution in [-0.4, -0.2) is 36.0 Å². The maximum atomic E-state index is 12.1. The number of fused-ring (bicyclic) bond motifs is 1. The molecular weight excluding hydrogens is 272 g/mol.